The summed E-state index contributed by atoms with van der Waals surface area (Å²) in [4.78, 5) is 22.8. The van der Waals surface area contributed by atoms with Crippen LogP contribution in [0.1, 0.15) is 32.4 Å². The molecule has 1 unspecified atom stereocenters. The van der Waals surface area contributed by atoms with Gasteiger partial charge in [-0.2, -0.15) is 0 Å². The van der Waals surface area contributed by atoms with E-state index in [-0.39, 0.29) is 11.8 Å². The second-order valence-corrected chi connectivity index (χ2v) is 4.44. The van der Waals surface area contributed by atoms with Crippen LogP contribution >= 0.6 is 0 Å². The number of carboxylic acids is 1. The summed E-state index contributed by atoms with van der Waals surface area (Å²) >= 11 is 0. The molecule has 1 amide bonds. The Kier molecular flexibility index (Phi) is 5.36. The van der Waals surface area contributed by atoms with Gasteiger partial charge in [-0.15, -0.1) is 0 Å². The van der Waals surface area contributed by atoms with E-state index in [0.29, 0.717) is 17.9 Å². The maximum Gasteiger partial charge on any atom is 0.330 e. The van der Waals surface area contributed by atoms with Crippen LogP contribution in [0.5, 0.6) is 5.75 Å². The normalized spacial score (nSPS) is 12.0. The van der Waals surface area contributed by atoms with Crippen LogP contribution in [0.2, 0.25) is 0 Å². The van der Waals surface area contributed by atoms with E-state index in [1.807, 2.05) is 6.92 Å². The highest BCUT2D eigenvalue weighted by molar-refractivity contribution is 5.85. The largest absolute Gasteiger partial charge is 0.494 e. The van der Waals surface area contributed by atoms with Crippen LogP contribution in [-0.2, 0) is 9.59 Å². The quantitative estimate of drug-likeness (QED) is 0.824. The zero-order chi connectivity index (χ0) is 14.4. The SMILES string of the molecule is CCOc1ccc(C(NC(=O)C(C)C)C(=O)O)cc1. The smallest absolute Gasteiger partial charge is 0.330 e. The van der Waals surface area contributed by atoms with Crippen molar-refractivity contribution in [1.82, 2.24) is 5.32 Å². The number of hydrogen-bond donors (Lipinski definition) is 2. The second-order valence-electron chi connectivity index (χ2n) is 4.44. The molecule has 0 bridgehead atoms. The van der Waals surface area contributed by atoms with E-state index in [2.05, 4.69) is 5.32 Å². The molecular weight excluding hydrogens is 246 g/mol. The fourth-order valence-electron chi connectivity index (χ4n) is 1.52. The second kappa shape index (κ2) is 6.78. The maximum absolute atomic E-state index is 11.6. The van der Waals surface area contributed by atoms with Crippen LogP contribution < -0.4 is 10.1 Å². The van der Waals surface area contributed by atoms with E-state index < -0.39 is 12.0 Å². The van der Waals surface area contributed by atoms with Crippen molar-refractivity contribution in [3.8, 4) is 5.75 Å². The first-order chi connectivity index (χ1) is 8.95. The number of aliphatic carboxylic acids is 1. The molecule has 2 N–H and O–H groups in total. The molecule has 0 aromatic heterocycles. The number of carboxylic acid groups (broad SMARTS) is 1. The third-order valence-electron chi connectivity index (χ3n) is 2.58. The van der Waals surface area contributed by atoms with Gasteiger partial charge in [-0.05, 0) is 24.6 Å². The zero-order valence-corrected chi connectivity index (χ0v) is 11.3. The Morgan fingerprint density at radius 3 is 2.26 bits per heavy atom. The molecule has 0 spiro atoms. The van der Waals surface area contributed by atoms with Gasteiger partial charge in [0.2, 0.25) is 5.91 Å². The lowest BCUT2D eigenvalue weighted by Gasteiger charge is -2.16. The zero-order valence-electron chi connectivity index (χ0n) is 11.3. The Bertz CT molecular complexity index is 439. The van der Waals surface area contributed by atoms with E-state index in [9.17, 15) is 14.7 Å². The lowest BCUT2D eigenvalue weighted by atomic mass is 10.1. The van der Waals surface area contributed by atoms with Gasteiger partial charge in [-0.25, -0.2) is 4.79 Å². The van der Waals surface area contributed by atoms with E-state index in [1.165, 1.54) is 0 Å². The monoisotopic (exact) mass is 265 g/mol. The summed E-state index contributed by atoms with van der Waals surface area (Å²) in [5.41, 5.74) is 0.518. The number of carbonyl (C=O) groups is 2. The summed E-state index contributed by atoms with van der Waals surface area (Å²) in [6, 6.07) is 5.63. The summed E-state index contributed by atoms with van der Waals surface area (Å²) in [5, 5.41) is 11.7. The molecule has 19 heavy (non-hydrogen) atoms. The Morgan fingerprint density at radius 2 is 1.84 bits per heavy atom. The van der Waals surface area contributed by atoms with E-state index >= 15 is 0 Å². The van der Waals surface area contributed by atoms with Crippen molar-refractivity contribution >= 4 is 11.9 Å². The molecule has 0 fully saturated rings. The summed E-state index contributed by atoms with van der Waals surface area (Å²) in [7, 11) is 0. The van der Waals surface area contributed by atoms with Gasteiger partial charge in [0.25, 0.3) is 0 Å². The third kappa shape index (κ3) is 4.28. The topological polar surface area (TPSA) is 75.6 Å². The van der Waals surface area contributed by atoms with Crippen LogP contribution in [0.4, 0.5) is 0 Å². The summed E-state index contributed by atoms with van der Waals surface area (Å²) in [6.45, 7) is 5.85. The molecule has 0 saturated carbocycles. The van der Waals surface area contributed by atoms with Crippen molar-refractivity contribution < 1.29 is 19.4 Å². The van der Waals surface area contributed by atoms with Gasteiger partial charge < -0.3 is 15.2 Å². The Labute approximate surface area is 112 Å². The number of hydrogen-bond acceptors (Lipinski definition) is 3. The van der Waals surface area contributed by atoms with Crippen molar-refractivity contribution in [2.24, 2.45) is 5.92 Å². The molecule has 1 aromatic rings. The van der Waals surface area contributed by atoms with Crippen molar-refractivity contribution in [1.29, 1.82) is 0 Å². The van der Waals surface area contributed by atoms with Gasteiger partial charge in [-0.1, -0.05) is 26.0 Å². The predicted molar refractivity (Wildman–Crippen MR) is 71.0 cm³/mol. The van der Waals surface area contributed by atoms with Crippen molar-refractivity contribution in [2.45, 2.75) is 26.8 Å². The number of nitrogens with one attached hydrogen (secondary N) is 1. The van der Waals surface area contributed by atoms with Gasteiger partial charge in [-0.3, -0.25) is 4.79 Å². The number of ether oxygens (including phenoxy) is 1. The van der Waals surface area contributed by atoms with Gasteiger partial charge in [0, 0.05) is 5.92 Å². The first-order valence-electron chi connectivity index (χ1n) is 6.21. The molecular formula is C14H19NO4. The lowest BCUT2D eigenvalue weighted by Crippen LogP contribution is -2.36. The first-order valence-corrected chi connectivity index (χ1v) is 6.21. The highest BCUT2D eigenvalue weighted by Gasteiger charge is 2.23. The van der Waals surface area contributed by atoms with Crippen molar-refractivity contribution in [3.63, 3.8) is 0 Å². The standard InChI is InChI=1S/C14H19NO4/c1-4-19-11-7-5-10(6-8-11)12(14(17)18)15-13(16)9(2)3/h5-9,12H,4H2,1-3H3,(H,15,16)(H,17,18). The fraction of sp³-hybridized carbons (Fsp3) is 0.429. The third-order valence-corrected chi connectivity index (χ3v) is 2.58. The molecule has 0 aliphatic carbocycles. The van der Waals surface area contributed by atoms with E-state index in [4.69, 9.17) is 4.74 Å². The summed E-state index contributed by atoms with van der Waals surface area (Å²) in [6.07, 6.45) is 0. The minimum atomic E-state index is -1.09. The molecule has 0 saturated heterocycles. The molecule has 0 radical (unpaired) electrons. The molecule has 1 aromatic carbocycles. The van der Waals surface area contributed by atoms with Crippen LogP contribution in [0, 0.1) is 5.92 Å². The van der Waals surface area contributed by atoms with Gasteiger partial charge >= 0.3 is 5.97 Å². The van der Waals surface area contributed by atoms with E-state index in [1.54, 1.807) is 38.1 Å². The predicted octanol–water partition coefficient (Wildman–Crippen LogP) is 1.98. The van der Waals surface area contributed by atoms with E-state index in [0.717, 1.165) is 0 Å². The van der Waals surface area contributed by atoms with Crippen LogP contribution in [0.3, 0.4) is 0 Å². The lowest BCUT2D eigenvalue weighted by molar-refractivity contribution is -0.142. The summed E-state index contributed by atoms with van der Waals surface area (Å²) < 4.78 is 5.29. The molecule has 0 heterocycles. The van der Waals surface area contributed by atoms with Crippen LogP contribution in [0.25, 0.3) is 0 Å². The molecule has 0 aliphatic heterocycles. The first kappa shape index (κ1) is 15.0. The molecule has 104 valence electrons. The Morgan fingerprint density at radius 1 is 1.26 bits per heavy atom. The number of amides is 1. The van der Waals surface area contributed by atoms with Crippen molar-refractivity contribution in [2.75, 3.05) is 6.61 Å². The summed E-state index contributed by atoms with van der Waals surface area (Å²) in [5.74, 6) is -0.963. The molecule has 0 aliphatic rings. The van der Waals surface area contributed by atoms with Crippen LogP contribution in [-0.4, -0.2) is 23.6 Å². The minimum absolute atomic E-state index is 0.260. The average Bonchev–Trinajstić information content (AvgIpc) is 2.36. The number of carbonyl (C=O) groups excluding carboxylic acids is 1. The number of rotatable bonds is 6. The van der Waals surface area contributed by atoms with Gasteiger partial charge in [0.15, 0.2) is 6.04 Å². The number of benzene rings is 1. The molecule has 5 nitrogen and oxygen atoms in total. The van der Waals surface area contributed by atoms with Crippen molar-refractivity contribution in [3.05, 3.63) is 29.8 Å². The minimum Gasteiger partial charge on any atom is -0.494 e. The fourth-order valence-corrected chi connectivity index (χ4v) is 1.52. The highest BCUT2D eigenvalue weighted by Crippen LogP contribution is 2.18. The van der Waals surface area contributed by atoms with Gasteiger partial charge in [0.05, 0.1) is 6.61 Å². The Hall–Kier alpha value is -2.04. The molecule has 5 heteroatoms. The average molecular weight is 265 g/mol. The maximum atomic E-state index is 11.6. The molecule has 1 atom stereocenters. The van der Waals surface area contributed by atoms with Gasteiger partial charge in [0.1, 0.15) is 5.75 Å². The Balaban J connectivity index is 2.87. The highest BCUT2D eigenvalue weighted by atomic mass is 16.5. The molecule has 1 rings (SSSR count). The van der Waals surface area contributed by atoms with Crippen LogP contribution in [0.15, 0.2) is 24.3 Å².